The van der Waals surface area contributed by atoms with E-state index in [0.29, 0.717) is 24.8 Å². The van der Waals surface area contributed by atoms with Crippen molar-refractivity contribution in [2.45, 2.75) is 12.2 Å². The molecule has 0 radical (unpaired) electrons. The number of nitrogens with zero attached hydrogens (tertiary/aromatic N) is 2. The fourth-order valence-corrected chi connectivity index (χ4v) is 2.39. The third kappa shape index (κ3) is 3.98. The van der Waals surface area contributed by atoms with Gasteiger partial charge in [0.2, 0.25) is 11.7 Å². The molecule has 4 N–H and O–H groups in total. The van der Waals surface area contributed by atoms with Crippen LogP contribution in [0.5, 0.6) is 0 Å². The average Bonchev–Trinajstić information content (AvgIpc) is 2.61. The molecule has 124 valence electrons. The maximum atomic E-state index is 6.38. The lowest BCUT2D eigenvalue weighted by atomic mass is 10.1. The van der Waals surface area contributed by atoms with Gasteiger partial charge >= 0.3 is 0 Å². The zero-order valence-electron chi connectivity index (χ0n) is 13.6. The zero-order chi connectivity index (χ0) is 16.8. The Balaban J connectivity index is 1.89. The van der Waals surface area contributed by atoms with E-state index in [1.54, 1.807) is 7.11 Å². The average molecular weight is 323 g/mol. The lowest BCUT2D eigenvalue weighted by Crippen LogP contribution is -2.50. The van der Waals surface area contributed by atoms with Crippen molar-refractivity contribution in [1.29, 1.82) is 0 Å². The number of guanidine groups is 1. The molecule has 0 saturated heterocycles. The van der Waals surface area contributed by atoms with E-state index in [4.69, 9.17) is 10.5 Å². The first kappa shape index (κ1) is 16.2. The first-order chi connectivity index (χ1) is 11.7. The van der Waals surface area contributed by atoms with Crippen LogP contribution in [-0.2, 0) is 4.74 Å². The van der Waals surface area contributed by atoms with Gasteiger partial charge in [-0.05, 0) is 12.1 Å². The van der Waals surface area contributed by atoms with Crippen LogP contribution in [-0.4, -0.2) is 31.3 Å². The molecular weight excluding hydrogens is 302 g/mol. The fraction of sp³-hybridized carbons (Fsp3) is 0.222. The van der Waals surface area contributed by atoms with Gasteiger partial charge in [-0.3, -0.25) is 5.73 Å². The highest BCUT2D eigenvalue weighted by Crippen LogP contribution is 2.18. The Morgan fingerprint density at radius 3 is 2.38 bits per heavy atom. The monoisotopic (exact) mass is 323 g/mol. The minimum atomic E-state index is -1.07. The van der Waals surface area contributed by atoms with Crippen LogP contribution in [0.15, 0.2) is 70.6 Å². The first-order valence-electron chi connectivity index (χ1n) is 7.80. The van der Waals surface area contributed by atoms with Gasteiger partial charge in [-0.2, -0.15) is 0 Å². The van der Waals surface area contributed by atoms with E-state index in [1.165, 1.54) is 0 Å². The molecule has 1 aliphatic heterocycles. The fourth-order valence-electron chi connectivity index (χ4n) is 2.39. The largest absolute Gasteiger partial charge is 0.384 e. The summed E-state index contributed by atoms with van der Waals surface area (Å²) >= 11 is 0. The number of aliphatic imine (C=N–C) groups is 2. The smallest absolute Gasteiger partial charge is 0.210 e. The predicted octanol–water partition coefficient (Wildman–Crippen LogP) is 2.15. The van der Waals surface area contributed by atoms with Crippen LogP contribution in [0.25, 0.3) is 0 Å². The number of hydrogen-bond donors (Lipinski definition) is 3. The molecule has 6 heteroatoms. The van der Waals surface area contributed by atoms with Gasteiger partial charge in [0.05, 0.1) is 6.61 Å². The molecule has 0 fully saturated rings. The number of rotatable bonds is 5. The predicted molar refractivity (Wildman–Crippen MR) is 97.0 cm³/mol. The Hall–Kier alpha value is -2.70. The highest BCUT2D eigenvalue weighted by atomic mass is 16.5. The summed E-state index contributed by atoms with van der Waals surface area (Å²) in [6.45, 7) is 0.476. The van der Waals surface area contributed by atoms with Crippen molar-refractivity contribution in [3.05, 3.63) is 66.2 Å². The van der Waals surface area contributed by atoms with Gasteiger partial charge in [0, 0.05) is 24.8 Å². The molecule has 0 amide bonds. The van der Waals surface area contributed by atoms with Crippen LogP contribution in [0.1, 0.15) is 12.0 Å². The molecule has 0 aromatic heterocycles. The van der Waals surface area contributed by atoms with Crippen LogP contribution in [0.4, 0.5) is 5.69 Å². The molecule has 1 aliphatic rings. The minimum absolute atomic E-state index is 0.476. The normalized spacial score (nSPS) is 19.9. The van der Waals surface area contributed by atoms with E-state index < -0.39 is 5.79 Å². The van der Waals surface area contributed by atoms with Gasteiger partial charge in [0.25, 0.3) is 0 Å². The number of nitrogens with one attached hydrogen (secondary N) is 2. The number of anilines is 1. The first-order valence-corrected chi connectivity index (χ1v) is 7.80. The number of nitrogens with two attached hydrogens (primary N) is 1. The van der Waals surface area contributed by atoms with Gasteiger partial charge in [-0.15, -0.1) is 0 Å². The van der Waals surface area contributed by atoms with Crippen molar-refractivity contribution in [2.75, 3.05) is 19.0 Å². The highest BCUT2D eigenvalue weighted by molar-refractivity contribution is 6.13. The third-order valence-electron chi connectivity index (χ3n) is 3.61. The topological polar surface area (TPSA) is 84.0 Å². The Morgan fingerprint density at radius 1 is 1.04 bits per heavy atom. The molecule has 0 aliphatic carbocycles. The lowest BCUT2D eigenvalue weighted by Gasteiger charge is -2.29. The number of methoxy groups -OCH3 is 1. The Morgan fingerprint density at radius 2 is 1.71 bits per heavy atom. The van der Waals surface area contributed by atoms with Crippen LogP contribution in [0, 0.1) is 0 Å². The molecule has 1 unspecified atom stereocenters. The SMILES string of the molecule is COCCC1(N)N=C(Nc2ccccc2)NC(c2ccccc2)=N1. The highest BCUT2D eigenvalue weighted by Gasteiger charge is 2.29. The lowest BCUT2D eigenvalue weighted by molar-refractivity contribution is 0.171. The maximum Gasteiger partial charge on any atom is 0.210 e. The molecule has 1 heterocycles. The van der Waals surface area contributed by atoms with Crippen LogP contribution in [0.2, 0.25) is 0 Å². The van der Waals surface area contributed by atoms with Crippen molar-refractivity contribution < 1.29 is 4.74 Å². The molecule has 0 bridgehead atoms. The van der Waals surface area contributed by atoms with Crippen molar-refractivity contribution in [3.63, 3.8) is 0 Å². The number of para-hydroxylation sites is 1. The number of hydrogen-bond acceptors (Lipinski definition) is 6. The summed E-state index contributed by atoms with van der Waals surface area (Å²) in [5.41, 5.74) is 8.26. The summed E-state index contributed by atoms with van der Waals surface area (Å²) < 4.78 is 5.14. The van der Waals surface area contributed by atoms with Crippen LogP contribution >= 0.6 is 0 Å². The molecule has 1 atom stereocenters. The maximum absolute atomic E-state index is 6.38. The van der Waals surface area contributed by atoms with Crippen molar-refractivity contribution >= 4 is 17.5 Å². The molecule has 0 spiro atoms. The summed E-state index contributed by atoms with van der Waals surface area (Å²) in [4.78, 5) is 9.12. The van der Waals surface area contributed by atoms with E-state index in [9.17, 15) is 0 Å². The summed E-state index contributed by atoms with van der Waals surface area (Å²) in [6.07, 6.45) is 0.488. The number of ether oxygens (including phenoxy) is 1. The summed E-state index contributed by atoms with van der Waals surface area (Å²) in [7, 11) is 1.64. The molecule has 24 heavy (non-hydrogen) atoms. The Labute approximate surface area is 141 Å². The molecule has 0 saturated carbocycles. The second kappa shape index (κ2) is 7.25. The van der Waals surface area contributed by atoms with Crippen LogP contribution in [0.3, 0.4) is 0 Å². The van der Waals surface area contributed by atoms with E-state index in [0.717, 1.165) is 11.3 Å². The third-order valence-corrected chi connectivity index (χ3v) is 3.61. The van der Waals surface area contributed by atoms with Crippen molar-refractivity contribution in [1.82, 2.24) is 5.32 Å². The van der Waals surface area contributed by atoms with Gasteiger partial charge in [-0.25, -0.2) is 9.98 Å². The number of amidine groups is 1. The van der Waals surface area contributed by atoms with E-state index in [-0.39, 0.29) is 0 Å². The van der Waals surface area contributed by atoms with Gasteiger partial charge in [0.1, 0.15) is 5.84 Å². The second-order valence-corrected chi connectivity index (χ2v) is 5.52. The second-order valence-electron chi connectivity index (χ2n) is 5.52. The van der Waals surface area contributed by atoms with E-state index >= 15 is 0 Å². The Bertz CT molecular complexity index is 730. The van der Waals surface area contributed by atoms with E-state index in [1.807, 2.05) is 60.7 Å². The molecule has 3 rings (SSSR count). The minimum Gasteiger partial charge on any atom is -0.384 e. The quantitative estimate of drug-likeness (QED) is 0.787. The zero-order valence-corrected chi connectivity index (χ0v) is 13.6. The van der Waals surface area contributed by atoms with Crippen LogP contribution < -0.4 is 16.4 Å². The van der Waals surface area contributed by atoms with Gasteiger partial charge in [-0.1, -0.05) is 48.5 Å². The van der Waals surface area contributed by atoms with E-state index in [2.05, 4.69) is 20.6 Å². The standard InChI is InChI=1S/C18H21N5O/c1-24-13-12-18(19)22-16(14-8-4-2-5-9-14)21-17(23-18)20-15-10-6-3-7-11-15/h2-11H,12-13,19H2,1H3,(H2,20,21,22,23). The van der Waals surface area contributed by atoms with Gasteiger partial charge in [0.15, 0.2) is 0 Å². The summed E-state index contributed by atoms with van der Waals surface area (Å²) in [5.74, 6) is 0.181. The van der Waals surface area contributed by atoms with Gasteiger partial charge < -0.3 is 15.4 Å². The Kier molecular flexibility index (Phi) is 4.88. The summed E-state index contributed by atoms with van der Waals surface area (Å²) in [5, 5.41) is 6.47. The molecular formula is C18H21N5O. The number of benzene rings is 2. The molecule has 2 aromatic rings. The molecule has 6 nitrogen and oxygen atoms in total. The van der Waals surface area contributed by atoms with Crippen molar-refractivity contribution in [2.24, 2.45) is 15.7 Å². The molecule has 2 aromatic carbocycles. The summed E-state index contributed by atoms with van der Waals surface area (Å²) in [6, 6.07) is 19.6. The van der Waals surface area contributed by atoms with Crippen molar-refractivity contribution in [3.8, 4) is 0 Å².